The highest BCUT2D eigenvalue weighted by atomic mass is 16.5. The maximum absolute atomic E-state index is 11.1. The molecule has 1 unspecified atom stereocenters. The third-order valence-electron chi connectivity index (χ3n) is 6.05. The summed E-state index contributed by atoms with van der Waals surface area (Å²) in [5.74, 6) is 0.476. The molecule has 116 valence electrons. The van der Waals surface area contributed by atoms with E-state index in [9.17, 15) is 5.11 Å². The molecule has 0 radical (unpaired) electrons. The average molecular weight is 281 g/mol. The van der Waals surface area contributed by atoms with Crippen molar-refractivity contribution in [2.45, 2.75) is 88.4 Å². The fourth-order valence-electron chi connectivity index (χ4n) is 4.48. The Hall–Kier alpha value is -0.120. The monoisotopic (exact) mass is 281 g/mol. The van der Waals surface area contributed by atoms with Crippen LogP contribution in [0.5, 0.6) is 0 Å². The average Bonchev–Trinajstić information content (AvgIpc) is 2.45. The maximum Gasteiger partial charge on any atom is 0.0686 e. The summed E-state index contributed by atoms with van der Waals surface area (Å²) in [6.45, 7) is 4.19. The maximum atomic E-state index is 11.1. The van der Waals surface area contributed by atoms with Crippen LogP contribution in [0.15, 0.2) is 0 Å². The van der Waals surface area contributed by atoms with Crippen molar-refractivity contribution < 1.29 is 9.84 Å². The minimum Gasteiger partial charge on any atom is -0.390 e. The van der Waals surface area contributed by atoms with E-state index in [1.807, 2.05) is 0 Å². The van der Waals surface area contributed by atoms with Crippen LogP contribution in [0.3, 0.4) is 0 Å². The van der Waals surface area contributed by atoms with E-state index >= 15 is 0 Å². The predicted octanol–water partition coefficient (Wildman–Crippen LogP) is 3.01. The van der Waals surface area contributed by atoms with Gasteiger partial charge in [0.25, 0.3) is 0 Å². The van der Waals surface area contributed by atoms with Gasteiger partial charge < -0.3 is 15.2 Å². The van der Waals surface area contributed by atoms with Gasteiger partial charge >= 0.3 is 0 Å². The second-order valence-electron chi connectivity index (χ2n) is 7.41. The van der Waals surface area contributed by atoms with Gasteiger partial charge in [0.15, 0.2) is 0 Å². The van der Waals surface area contributed by atoms with E-state index in [1.54, 1.807) is 0 Å². The zero-order chi connectivity index (χ0) is 14.1. The summed E-state index contributed by atoms with van der Waals surface area (Å²) >= 11 is 0. The van der Waals surface area contributed by atoms with Crippen molar-refractivity contribution in [2.24, 2.45) is 5.92 Å². The summed E-state index contributed by atoms with van der Waals surface area (Å²) in [4.78, 5) is 0. The molecule has 3 nitrogen and oxygen atoms in total. The molecule has 20 heavy (non-hydrogen) atoms. The largest absolute Gasteiger partial charge is 0.390 e. The van der Waals surface area contributed by atoms with E-state index in [2.05, 4.69) is 12.2 Å². The van der Waals surface area contributed by atoms with Gasteiger partial charge in [-0.2, -0.15) is 0 Å². The molecule has 2 aliphatic carbocycles. The summed E-state index contributed by atoms with van der Waals surface area (Å²) in [6.07, 6.45) is 11.4. The second kappa shape index (κ2) is 5.94. The Kier molecular flexibility index (Phi) is 4.40. The van der Waals surface area contributed by atoms with Gasteiger partial charge in [0, 0.05) is 12.6 Å². The van der Waals surface area contributed by atoms with Crippen LogP contribution in [0, 0.1) is 5.92 Å². The van der Waals surface area contributed by atoms with E-state index < -0.39 is 5.60 Å². The molecule has 1 saturated heterocycles. The van der Waals surface area contributed by atoms with Crippen LogP contribution in [0.1, 0.15) is 71.1 Å². The predicted molar refractivity (Wildman–Crippen MR) is 80.8 cm³/mol. The molecule has 3 heteroatoms. The van der Waals surface area contributed by atoms with Gasteiger partial charge in [0.2, 0.25) is 0 Å². The molecule has 0 aromatic heterocycles. The highest BCUT2D eigenvalue weighted by Gasteiger charge is 2.49. The zero-order valence-electron chi connectivity index (χ0n) is 13.0. The molecule has 1 aliphatic heterocycles. The first-order chi connectivity index (χ1) is 9.66. The number of rotatable bonds is 4. The Bertz CT molecular complexity index is 319. The van der Waals surface area contributed by atoms with Crippen molar-refractivity contribution >= 4 is 0 Å². The summed E-state index contributed by atoms with van der Waals surface area (Å²) in [7, 11) is 0. The standard InChI is InChI=1S/C17H31NO2/c1-2-11-18-15-4-9-17(19,10-5-15)14-6-12-20-16(13-14)7-3-8-16/h14-15,18-19H,2-13H2,1H3. The molecule has 1 atom stereocenters. The van der Waals surface area contributed by atoms with Crippen LogP contribution in [-0.4, -0.2) is 35.5 Å². The molecule has 3 fully saturated rings. The third-order valence-corrected chi connectivity index (χ3v) is 6.05. The lowest BCUT2D eigenvalue weighted by Crippen LogP contribution is -2.53. The summed E-state index contributed by atoms with van der Waals surface area (Å²) in [5.41, 5.74) is -0.243. The fourth-order valence-corrected chi connectivity index (χ4v) is 4.48. The van der Waals surface area contributed by atoms with Crippen LogP contribution >= 0.6 is 0 Å². The Morgan fingerprint density at radius 2 is 1.90 bits per heavy atom. The van der Waals surface area contributed by atoms with Crippen LogP contribution in [0.4, 0.5) is 0 Å². The van der Waals surface area contributed by atoms with E-state index in [1.165, 1.54) is 25.7 Å². The van der Waals surface area contributed by atoms with E-state index in [0.29, 0.717) is 12.0 Å². The summed E-state index contributed by atoms with van der Waals surface area (Å²) in [6, 6.07) is 0.632. The molecule has 0 aromatic carbocycles. The van der Waals surface area contributed by atoms with Gasteiger partial charge in [-0.1, -0.05) is 6.92 Å². The first-order valence-electron chi connectivity index (χ1n) is 8.76. The molecule has 2 saturated carbocycles. The van der Waals surface area contributed by atoms with E-state index in [4.69, 9.17) is 4.74 Å². The normalized spacial score (nSPS) is 40.5. The second-order valence-corrected chi connectivity index (χ2v) is 7.41. The van der Waals surface area contributed by atoms with Gasteiger partial charge in [0.1, 0.15) is 0 Å². The molecular formula is C17H31NO2. The van der Waals surface area contributed by atoms with Gasteiger partial charge in [-0.15, -0.1) is 0 Å². The zero-order valence-corrected chi connectivity index (χ0v) is 13.0. The topological polar surface area (TPSA) is 41.5 Å². The van der Waals surface area contributed by atoms with Crippen LogP contribution in [-0.2, 0) is 4.74 Å². The lowest BCUT2D eigenvalue weighted by Gasteiger charge is -2.52. The number of hydrogen-bond donors (Lipinski definition) is 2. The number of hydrogen-bond acceptors (Lipinski definition) is 3. The van der Waals surface area contributed by atoms with Gasteiger partial charge in [-0.05, 0) is 76.7 Å². The lowest BCUT2D eigenvalue weighted by molar-refractivity contribution is -0.181. The molecule has 3 aliphatic rings. The van der Waals surface area contributed by atoms with Crippen molar-refractivity contribution in [1.29, 1.82) is 0 Å². The Labute approximate surface area is 123 Å². The van der Waals surface area contributed by atoms with Crippen molar-refractivity contribution in [2.75, 3.05) is 13.2 Å². The lowest BCUT2D eigenvalue weighted by atomic mass is 9.64. The van der Waals surface area contributed by atoms with Crippen molar-refractivity contribution in [3.63, 3.8) is 0 Å². The molecule has 0 bridgehead atoms. The Morgan fingerprint density at radius 3 is 2.50 bits per heavy atom. The molecular weight excluding hydrogens is 250 g/mol. The van der Waals surface area contributed by atoms with E-state index in [-0.39, 0.29) is 5.60 Å². The molecule has 0 amide bonds. The molecule has 2 N–H and O–H groups in total. The number of aliphatic hydroxyl groups is 1. The SMILES string of the molecule is CCCNC1CCC(O)(C2CCOC3(CCC3)C2)CC1. The number of ether oxygens (including phenoxy) is 1. The van der Waals surface area contributed by atoms with Crippen molar-refractivity contribution in [3.8, 4) is 0 Å². The third kappa shape index (κ3) is 2.90. The fraction of sp³-hybridized carbons (Fsp3) is 1.00. The van der Waals surface area contributed by atoms with Crippen LogP contribution < -0.4 is 5.32 Å². The quantitative estimate of drug-likeness (QED) is 0.832. The molecule has 1 spiro atoms. The summed E-state index contributed by atoms with van der Waals surface area (Å²) in [5, 5.41) is 14.7. The van der Waals surface area contributed by atoms with E-state index in [0.717, 1.165) is 51.7 Å². The smallest absolute Gasteiger partial charge is 0.0686 e. The van der Waals surface area contributed by atoms with Crippen LogP contribution in [0.2, 0.25) is 0 Å². The first-order valence-corrected chi connectivity index (χ1v) is 8.76. The molecule has 3 rings (SSSR count). The molecule has 0 aromatic rings. The highest BCUT2D eigenvalue weighted by Crippen LogP contribution is 2.49. The Balaban J connectivity index is 1.54. The van der Waals surface area contributed by atoms with Crippen molar-refractivity contribution in [1.82, 2.24) is 5.32 Å². The molecule has 1 heterocycles. The van der Waals surface area contributed by atoms with Gasteiger partial charge in [-0.3, -0.25) is 0 Å². The Morgan fingerprint density at radius 1 is 1.15 bits per heavy atom. The van der Waals surface area contributed by atoms with Gasteiger partial charge in [0.05, 0.1) is 11.2 Å². The van der Waals surface area contributed by atoms with Gasteiger partial charge in [-0.25, -0.2) is 0 Å². The minimum atomic E-state index is -0.406. The van der Waals surface area contributed by atoms with Crippen molar-refractivity contribution in [3.05, 3.63) is 0 Å². The summed E-state index contributed by atoms with van der Waals surface area (Å²) < 4.78 is 6.02. The number of nitrogens with one attached hydrogen (secondary N) is 1. The van der Waals surface area contributed by atoms with Crippen LogP contribution in [0.25, 0.3) is 0 Å². The highest BCUT2D eigenvalue weighted by molar-refractivity contribution is 5.01. The minimum absolute atomic E-state index is 0.163. The first kappa shape index (κ1) is 14.8.